The predicted molar refractivity (Wildman–Crippen MR) is 56.6 cm³/mol. The average Bonchev–Trinajstić information content (AvgIpc) is 2.87. The van der Waals surface area contributed by atoms with Gasteiger partial charge in [0, 0.05) is 13.0 Å². The highest BCUT2D eigenvalue weighted by Gasteiger charge is 2.14. The molecule has 0 saturated heterocycles. The number of nitrogens with zero attached hydrogens (tertiary/aromatic N) is 1. The Balaban J connectivity index is 1.80. The maximum absolute atomic E-state index is 5.32. The lowest BCUT2D eigenvalue weighted by Crippen LogP contribution is -2.20. The molecule has 0 fully saturated rings. The van der Waals surface area contributed by atoms with Crippen LogP contribution in [0.15, 0.2) is 23.2 Å². The quantitative estimate of drug-likeness (QED) is 0.780. The van der Waals surface area contributed by atoms with Crippen LogP contribution in [0, 0.1) is 0 Å². The normalized spacial score (nSPS) is 17.5. The van der Waals surface area contributed by atoms with Crippen molar-refractivity contribution in [3.05, 3.63) is 23.8 Å². The molecule has 0 aromatic heterocycles. The molecular formula is C11H12N2O2. The van der Waals surface area contributed by atoms with E-state index >= 15 is 0 Å². The van der Waals surface area contributed by atoms with Gasteiger partial charge < -0.3 is 14.8 Å². The molecule has 2 heterocycles. The van der Waals surface area contributed by atoms with Crippen LogP contribution in [0.4, 0.5) is 0 Å². The van der Waals surface area contributed by atoms with E-state index in [4.69, 9.17) is 9.47 Å². The van der Waals surface area contributed by atoms with E-state index in [2.05, 4.69) is 16.4 Å². The number of hydrogen-bond donors (Lipinski definition) is 1. The van der Waals surface area contributed by atoms with Gasteiger partial charge in [-0.3, -0.25) is 4.99 Å². The van der Waals surface area contributed by atoms with Crippen LogP contribution >= 0.6 is 0 Å². The maximum atomic E-state index is 5.32. The van der Waals surface area contributed by atoms with Gasteiger partial charge in [-0.15, -0.1) is 0 Å². The third-order valence-corrected chi connectivity index (χ3v) is 2.55. The zero-order valence-electron chi connectivity index (χ0n) is 8.32. The van der Waals surface area contributed by atoms with E-state index in [9.17, 15) is 0 Å². The lowest BCUT2D eigenvalue weighted by atomic mass is 10.1. The molecule has 0 amide bonds. The van der Waals surface area contributed by atoms with Crippen molar-refractivity contribution in [2.45, 2.75) is 6.42 Å². The summed E-state index contributed by atoms with van der Waals surface area (Å²) in [5.41, 5.74) is 1.20. The molecule has 0 aliphatic carbocycles. The van der Waals surface area contributed by atoms with E-state index in [1.807, 2.05) is 12.1 Å². The summed E-state index contributed by atoms with van der Waals surface area (Å²) < 4.78 is 10.6. The monoisotopic (exact) mass is 204 g/mol. The minimum Gasteiger partial charge on any atom is -0.454 e. The Morgan fingerprint density at radius 1 is 1.27 bits per heavy atom. The van der Waals surface area contributed by atoms with Crippen molar-refractivity contribution < 1.29 is 9.47 Å². The van der Waals surface area contributed by atoms with Crippen LogP contribution in [-0.2, 0) is 6.42 Å². The van der Waals surface area contributed by atoms with E-state index in [-0.39, 0.29) is 0 Å². The summed E-state index contributed by atoms with van der Waals surface area (Å²) in [7, 11) is 0. The van der Waals surface area contributed by atoms with Crippen LogP contribution in [0.1, 0.15) is 5.56 Å². The van der Waals surface area contributed by atoms with Gasteiger partial charge in [-0.1, -0.05) is 6.07 Å². The highest BCUT2D eigenvalue weighted by molar-refractivity contribution is 5.85. The molecule has 0 saturated carbocycles. The van der Waals surface area contributed by atoms with Crippen LogP contribution in [0.3, 0.4) is 0 Å². The molecule has 0 bridgehead atoms. The van der Waals surface area contributed by atoms with Gasteiger partial charge in [0.1, 0.15) is 5.84 Å². The Morgan fingerprint density at radius 3 is 3.07 bits per heavy atom. The molecule has 1 aromatic rings. The Kier molecular flexibility index (Phi) is 1.98. The molecule has 1 N–H and O–H groups in total. The predicted octanol–water partition coefficient (Wildman–Crippen LogP) is 0.959. The molecular weight excluding hydrogens is 192 g/mol. The van der Waals surface area contributed by atoms with Crippen molar-refractivity contribution in [3.63, 3.8) is 0 Å². The molecule has 78 valence electrons. The second-order valence-electron chi connectivity index (χ2n) is 3.62. The summed E-state index contributed by atoms with van der Waals surface area (Å²) in [6, 6.07) is 6.02. The largest absolute Gasteiger partial charge is 0.454 e. The Morgan fingerprint density at radius 2 is 2.20 bits per heavy atom. The fourth-order valence-corrected chi connectivity index (χ4v) is 1.81. The third-order valence-electron chi connectivity index (χ3n) is 2.55. The molecule has 0 radical (unpaired) electrons. The van der Waals surface area contributed by atoms with E-state index in [0.29, 0.717) is 6.79 Å². The van der Waals surface area contributed by atoms with Gasteiger partial charge in [0.2, 0.25) is 6.79 Å². The van der Waals surface area contributed by atoms with E-state index in [1.165, 1.54) is 5.56 Å². The minimum absolute atomic E-state index is 0.331. The van der Waals surface area contributed by atoms with Crippen molar-refractivity contribution in [1.82, 2.24) is 5.32 Å². The zero-order chi connectivity index (χ0) is 10.1. The van der Waals surface area contributed by atoms with Gasteiger partial charge in [-0.2, -0.15) is 0 Å². The number of nitrogens with one attached hydrogen (secondary N) is 1. The number of amidine groups is 1. The molecule has 1 aromatic carbocycles. The molecule has 15 heavy (non-hydrogen) atoms. The van der Waals surface area contributed by atoms with Crippen LogP contribution in [0.25, 0.3) is 0 Å². The zero-order valence-corrected chi connectivity index (χ0v) is 8.32. The smallest absolute Gasteiger partial charge is 0.231 e. The second kappa shape index (κ2) is 3.46. The van der Waals surface area contributed by atoms with Crippen LogP contribution in [0.2, 0.25) is 0 Å². The third kappa shape index (κ3) is 1.63. The first-order valence-electron chi connectivity index (χ1n) is 5.07. The highest BCUT2D eigenvalue weighted by atomic mass is 16.7. The second-order valence-corrected chi connectivity index (χ2v) is 3.62. The van der Waals surface area contributed by atoms with E-state index in [1.54, 1.807) is 0 Å². The summed E-state index contributed by atoms with van der Waals surface area (Å²) in [5.74, 6) is 2.74. The highest BCUT2D eigenvalue weighted by Crippen LogP contribution is 2.32. The van der Waals surface area contributed by atoms with Crippen molar-refractivity contribution in [2.24, 2.45) is 4.99 Å². The SMILES string of the molecule is c1cc2c(cc1CC1=NCCN1)OCO2. The summed E-state index contributed by atoms with van der Waals surface area (Å²) >= 11 is 0. The molecule has 0 spiro atoms. The molecule has 3 rings (SSSR count). The number of hydrogen-bond acceptors (Lipinski definition) is 4. The standard InChI is InChI=1S/C11H12N2O2/c1-2-9-10(15-7-14-9)5-8(1)6-11-12-3-4-13-11/h1-2,5H,3-4,6-7H2,(H,12,13). The summed E-state index contributed by atoms with van der Waals surface area (Å²) in [4.78, 5) is 4.36. The lowest BCUT2D eigenvalue weighted by Gasteiger charge is -2.03. The average molecular weight is 204 g/mol. The van der Waals surface area contributed by atoms with Crippen molar-refractivity contribution in [3.8, 4) is 11.5 Å². The van der Waals surface area contributed by atoms with Crippen molar-refractivity contribution in [1.29, 1.82) is 0 Å². The fraction of sp³-hybridized carbons (Fsp3) is 0.364. The van der Waals surface area contributed by atoms with Gasteiger partial charge >= 0.3 is 0 Å². The Bertz CT molecular complexity index is 415. The fourth-order valence-electron chi connectivity index (χ4n) is 1.81. The van der Waals surface area contributed by atoms with E-state index in [0.717, 1.165) is 36.8 Å². The van der Waals surface area contributed by atoms with Gasteiger partial charge in [0.05, 0.1) is 6.54 Å². The molecule has 0 atom stereocenters. The van der Waals surface area contributed by atoms with Gasteiger partial charge in [0.15, 0.2) is 11.5 Å². The number of aliphatic imine (C=N–C) groups is 1. The van der Waals surface area contributed by atoms with Gasteiger partial charge in [-0.05, 0) is 17.7 Å². The number of fused-ring (bicyclic) bond motifs is 1. The van der Waals surface area contributed by atoms with Crippen molar-refractivity contribution in [2.75, 3.05) is 19.9 Å². The topological polar surface area (TPSA) is 42.9 Å². The van der Waals surface area contributed by atoms with Gasteiger partial charge in [0.25, 0.3) is 0 Å². The summed E-state index contributed by atoms with van der Waals surface area (Å²) in [5, 5.41) is 3.25. The number of benzene rings is 1. The number of ether oxygens (including phenoxy) is 2. The van der Waals surface area contributed by atoms with Gasteiger partial charge in [-0.25, -0.2) is 0 Å². The molecule has 2 aliphatic heterocycles. The first-order chi connectivity index (χ1) is 7.42. The van der Waals surface area contributed by atoms with Crippen LogP contribution in [-0.4, -0.2) is 25.7 Å². The molecule has 4 heteroatoms. The van der Waals surface area contributed by atoms with Crippen LogP contribution < -0.4 is 14.8 Å². The molecule has 4 nitrogen and oxygen atoms in total. The van der Waals surface area contributed by atoms with Crippen molar-refractivity contribution >= 4 is 5.84 Å². The maximum Gasteiger partial charge on any atom is 0.231 e. The van der Waals surface area contributed by atoms with Crippen LogP contribution in [0.5, 0.6) is 11.5 Å². The van der Waals surface area contributed by atoms with E-state index < -0.39 is 0 Å². The first-order valence-corrected chi connectivity index (χ1v) is 5.07. The molecule has 2 aliphatic rings. The Labute approximate surface area is 87.9 Å². The Hall–Kier alpha value is -1.71. The first kappa shape index (κ1) is 8.59. The molecule has 0 unspecified atom stereocenters. The minimum atomic E-state index is 0.331. The summed E-state index contributed by atoms with van der Waals surface area (Å²) in [6.45, 7) is 2.18. The summed E-state index contributed by atoms with van der Waals surface area (Å²) in [6.07, 6.45) is 0.844. The lowest BCUT2D eigenvalue weighted by molar-refractivity contribution is 0.174. The number of rotatable bonds is 2.